The van der Waals surface area contributed by atoms with Crippen LogP contribution in [-0.2, 0) is 0 Å². The number of nitro groups is 1. The molecule has 0 saturated carbocycles. The van der Waals surface area contributed by atoms with Gasteiger partial charge in [-0.3, -0.25) is 10.1 Å². The lowest BCUT2D eigenvalue weighted by molar-refractivity contribution is -0.384. The summed E-state index contributed by atoms with van der Waals surface area (Å²) < 4.78 is 0.713. The highest BCUT2D eigenvalue weighted by Crippen LogP contribution is 2.27. The van der Waals surface area contributed by atoms with E-state index in [1.807, 2.05) is 6.07 Å². The van der Waals surface area contributed by atoms with Gasteiger partial charge in [-0.15, -0.1) is 0 Å². The zero-order chi connectivity index (χ0) is 15.4. The Labute approximate surface area is 133 Å². The van der Waals surface area contributed by atoms with Crippen molar-refractivity contribution in [2.24, 2.45) is 0 Å². The van der Waals surface area contributed by atoms with Crippen molar-refractivity contribution in [2.75, 3.05) is 10.6 Å². The van der Waals surface area contributed by atoms with Crippen LogP contribution in [0.3, 0.4) is 0 Å². The molecular weight excluding hydrogens is 362 g/mol. The number of hydrogen-bond acceptors (Lipinski definition) is 3. The SMILES string of the molecule is O=C(Nc1cc([N+](=O)[O-])ccc1Cl)Nc1ccccc1Br. The molecule has 2 rings (SSSR count). The predicted molar refractivity (Wildman–Crippen MR) is 84.9 cm³/mol. The second-order valence-corrected chi connectivity index (χ2v) is 5.24. The number of nitrogens with zero attached hydrogens (tertiary/aromatic N) is 1. The highest BCUT2D eigenvalue weighted by molar-refractivity contribution is 9.10. The molecule has 0 spiro atoms. The van der Waals surface area contributed by atoms with Gasteiger partial charge in [0, 0.05) is 16.6 Å². The second-order valence-electron chi connectivity index (χ2n) is 3.98. The Balaban J connectivity index is 2.15. The third-order valence-corrected chi connectivity index (χ3v) is 3.55. The van der Waals surface area contributed by atoms with Gasteiger partial charge in [-0.2, -0.15) is 0 Å². The molecule has 2 N–H and O–H groups in total. The van der Waals surface area contributed by atoms with Gasteiger partial charge in [0.15, 0.2) is 0 Å². The minimum atomic E-state index is -0.562. The number of para-hydroxylation sites is 1. The molecule has 0 bridgehead atoms. The van der Waals surface area contributed by atoms with Crippen molar-refractivity contribution < 1.29 is 9.72 Å². The van der Waals surface area contributed by atoms with Crippen LogP contribution in [0.2, 0.25) is 5.02 Å². The van der Waals surface area contributed by atoms with E-state index >= 15 is 0 Å². The maximum Gasteiger partial charge on any atom is 0.323 e. The van der Waals surface area contributed by atoms with Crippen LogP contribution in [0.1, 0.15) is 0 Å². The zero-order valence-electron chi connectivity index (χ0n) is 10.5. The lowest BCUT2D eigenvalue weighted by atomic mass is 10.3. The van der Waals surface area contributed by atoms with Gasteiger partial charge >= 0.3 is 6.03 Å². The molecule has 0 saturated heterocycles. The molecule has 0 unspecified atom stereocenters. The summed E-state index contributed by atoms with van der Waals surface area (Å²) in [6, 6.07) is 10.3. The van der Waals surface area contributed by atoms with Gasteiger partial charge in [0.05, 0.1) is 21.3 Å². The Morgan fingerprint density at radius 2 is 1.81 bits per heavy atom. The standard InChI is InChI=1S/C13H9BrClN3O3/c14-9-3-1-2-4-11(9)16-13(19)17-12-7-8(18(20)21)5-6-10(12)15/h1-7H,(H2,16,17,19). The summed E-state index contributed by atoms with van der Waals surface area (Å²) in [5.74, 6) is 0. The van der Waals surface area contributed by atoms with E-state index in [0.29, 0.717) is 10.2 Å². The first-order chi connectivity index (χ1) is 9.97. The maximum atomic E-state index is 11.9. The fraction of sp³-hybridized carbons (Fsp3) is 0. The molecular formula is C13H9BrClN3O3. The fourth-order valence-electron chi connectivity index (χ4n) is 1.56. The van der Waals surface area contributed by atoms with Crippen molar-refractivity contribution in [2.45, 2.75) is 0 Å². The van der Waals surface area contributed by atoms with Crippen molar-refractivity contribution in [3.05, 3.63) is 62.1 Å². The predicted octanol–water partition coefficient (Wildman–Crippen LogP) is 4.65. The van der Waals surface area contributed by atoms with E-state index in [2.05, 4.69) is 26.6 Å². The maximum absolute atomic E-state index is 11.9. The van der Waals surface area contributed by atoms with E-state index < -0.39 is 11.0 Å². The quantitative estimate of drug-likeness (QED) is 0.609. The molecule has 2 aromatic rings. The molecule has 0 fully saturated rings. The van der Waals surface area contributed by atoms with Crippen molar-refractivity contribution in [1.29, 1.82) is 0 Å². The first-order valence-electron chi connectivity index (χ1n) is 5.74. The van der Waals surface area contributed by atoms with E-state index in [9.17, 15) is 14.9 Å². The topological polar surface area (TPSA) is 84.3 Å². The zero-order valence-corrected chi connectivity index (χ0v) is 12.8. The summed E-state index contributed by atoms with van der Waals surface area (Å²) in [7, 11) is 0. The van der Waals surface area contributed by atoms with Crippen LogP contribution in [0, 0.1) is 10.1 Å². The van der Waals surface area contributed by atoms with E-state index in [1.165, 1.54) is 18.2 Å². The van der Waals surface area contributed by atoms with Crippen molar-refractivity contribution >= 4 is 50.6 Å². The Bertz CT molecular complexity index is 709. The first-order valence-corrected chi connectivity index (χ1v) is 6.91. The fourth-order valence-corrected chi connectivity index (χ4v) is 2.11. The van der Waals surface area contributed by atoms with Crippen LogP contribution in [0.4, 0.5) is 21.9 Å². The van der Waals surface area contributed by atoms with Crippen LogP contribution < -0.4 is 10.6 Å². The number of carbonyl (C=O) groups excluding carboxylic acids is 1. The molecule has 108 valence electrons. The molecule has 0 aliphatic heterocycles. The first kappa shape index (κ1) is 15.3. The van der Waals surface area contributed by atoms with Crippen LogP contribution in [-0.4, -0.2) is 11.0 Å². The smallest absolute Gasteiger partial charge is 0.307 e. The van der Waals surface area contributed by atoms with Gasteiger partial charge in [-0.25, -0.2) is 4.79 Å². The number of halogens is 2. The number of urea groups is 1. The Morgan fingerprint density at radius 1 is 1.14 bits per heavy atom. The summed E-state index contributed by atoms with van der Waals surface area (Å²) in [6.45, 7) is 0. The van der Waals surface area contributed by atoms with Gasteiger partial charge in [0.25, 0.3) is 5.69 Å². The molecule has 8 heteroatoms. The third-order valence-electron chi connectivity index (χ3n) is 2.53. The van der Waals surface area contributed by atoms with E-state index in [-0.39, 0.29) is 16.4 Å². The molecule has 0 aromatic heterocycles. The summed E-state index contributed by atoms with van der Waals surface area (Å²) in [6.07, 6.45) is 0. The molecule has 0 aliphatic rings. The Morgan fingerprint density at radius 3 is 2.48 bits per heavy atom. The van der Waals surface area contributed by atoms with Crippen LogP contribution in [0.25, 0.3) is 0 Å². The van der Waals surface area contributed by atoms with Crippen LogP contribution >= 0.6 is 27.5 Å². The van der Waals surface area contributed by atoms with Crippen LogP contribution in [0.15, 0.2) is 46.9 Å². The highest BCUT2D eigenvalue weighted by atomic mass is 79.9. The third kappa shape index (κ3) is 3.93. The minimum Gasteiger partial charge on any atom is -0.307 e. The van der Waals surface area contributed by atoms with Gasteiger partial charge in [0.1, 0.15) is 0 Å². The molecule has 21 heavy (non-hydrogen) atoms. The second kappa shape index (κ2) is 6.55. The average Bonchev–Trinajstić information content (AvgIpc) is 2.43. The van der Waals surface area contributed by atoms with E-state index in [4.69, 9.17) is 11.6 Å². The Kier molecular flexibility index (Phi) is 4.77. The molecule has 2 amide bonds. The monoisotopic (exact) mass is 369 g/mol. The summed E-state index contributed by atoms with van der Waals surface area (Å²) >= 11 is 9.20. The average molecular weight is 371 g/mol. The number of nitro benzene ring substituents is 1. The highest BCUT2D eigenvalue weighted by Gasteiger charge is 2.12. The van der Waals surface area contributed by atoms with Gasteiger partial charge in [0.2, 0.25) is 0 Å². The van der Waals surface area contributed by atoms with E-state index in [0.717, 1.165) is 0 Å². The van der Waals surface area contributed by atoms with Crippen LogP contribution in [0.5, 0.6) is 0 Å². The molecule has 0 atom stereocenters. The number of carbonyl (C=O) groups is 1. The normalized spacial score (nSPS) is 10.0. The van der Waals surface area contributed by atoms with Crippen molar-refractivity contribution in [3.63, 3.8) is 0 Å². The van der Waals surface area contributed by atoms with Gasteiger partial charge in [-0.05, 0) is 34.1 Å². The Hall–Kier alpha value is -2.12. The number of nitrogens with one attached hydrogen (secondary N) is 2. The lowest BCUT2D eigenvalue weighted by Gasteiger charge is -2.10. The summed E-state index contributed by atoms with van der Waals surface area (Å²) in [4.78, 5) is 22.0. The van der Waals surface area contributed by atoms with Crippen molar-refractivity contribution in [1.82, 2.24) is 0 Å². The van der Waals surface area contributed by atoms with Gasteiger partial charge < -0.3 is 10.6 Å². The number of rotatable bonds is 3. The minimum absolute atomic E-state index is 0.157. The lowest BCUT2D eigenvalue weighted by Crippen LogP contribution is -2.19. The number of benzene rings is 2. The summed E-state index contributed by atoms with van der Waals surface area (Å²) in [5, 5.41) is 16.0. The number of hydrogen-bond donors (Lipinski definition) is 2. The molecule has 6 nitrogen and oxygen atoms in total. The van der Waals surface area contributed by atoms with Gasteiger partial charge in [-0.1, -0.05) is 23.7 Å². The van der Waals surface area contributed by atoms with Crippen molar-refractivity contribution in [3.8, 4) is 0 Å². The number of amides is 2. The number of anilines is 2. The summed E-state index contributed by atoms with van der Waals surface area (Å²) in [5.41, 5.74) is 0.572. The molecule has 0 heterocycles. The molecule has 0 radical (unpaired) electrons. The number of non-ortho nitro benzene ring substituents is 1. The van der Waals surface area contributed by atoms with E-state index in [1.54, 1.807) is 18.2 Å². The largest absolute Gasteiger partial charge is 0.323 e. The molecule has 2 aromatic carbocycles. The molecule has 0 aliphatic carbocycles.